The Balaban J connectivity index is 1.98. The molecule has 1 atom stereocenters. The molecule has 0 spiro atoms. The van der Waals surface area contributed by atoms with E-state index in [-0.39, 0.29) is 16.3 Å². The molecule has 1 heterocycles. The van der Waals surface area contributed by atoms with Crippen LogP contribution >= 0.6 is 0 Å². The van der Waals surface area contributed by atoms with Gasteiger partial charge in [0.1, 0.15) is 0 Å². The zero-order chi connectivity index (χ0) is 20.9. The molecule has 28 heavy (non-hydrogen) atoms. The highest BCUT2D eigenvalue weighted by atomic mass is 32.2. The lowest BCUT2D eigenvalue weighted by atomic mass is 10.1. The molecule has 1 aliphatic heterocycles. The van der Waals surface area contributed by atoms with Crippen molar-refractivity contribution < 1.29 is 21.6 Å². The quantitative estimate of drug-likeness (QED) is 0.816. The summed E-state index contributed by atoms with van der Waals surface area (Å²) in [6, 6.07) is 9.41. The average Bonchev–Trinajstić information content (AvgIpc) is 2.78. The highest BCUT2D eigenvalue weighted by Gasteiger charge is 2.42. The molecule has 1 fully saturated rings. The van der Waals surface area contributed by atoms with E-state index in [2.05, 4.69) is 4.72 Å². The zero-order valence-electron chi connectivity index (χ0n) is 16.1. The van der Waals surface area contributed by atoms with Gasteiger partial charge in [0.2, 0.25) is 15.9 Å². The van der Waals surface area contributed by atoms with Crippen molar-refractivity contribution in [1.82, 2.24) is 0 Å². The Morgan fingerprint density at radius 1 is 1.07 bits per heavy atom. The first-order valence-corrected chi connectivity index (χ1v) is 11.8. The van der Waals surface area contributed by atoms with Gasteiger partial charge >= 0.3 is 0 Å². The molecule has 3 rings (SSSR count). The molecule has 0 aliphatic carbocycles. The van der Waals surface area contributed by atoms with Gasteiger partial charge in [0, 0.05) is 0 Å². The number of benzene rings is 2. The SMILES string of the molecule is Cc1cc(N2C(=O)C(C)CS2(=O)=O)ccc1S(=O)(=O)Nc1cccc(C)c1C. The van der Waals surface area contributed by atoms with Crippen molar-refractivity contribution in [3.05, 3.63) is 53.1 Å². The van der Waals surface area contributed by atoms with E-state index in [0.29, 0.717) is 11.3 Å². The van der Waals surface area contributed by atoms with Crippen LogP contribution in [0.3, 0.4) is 0 Å². The molecule has 0 bridgehead atoms. The number of nitrogens with one attached hydrogen (secondary N) is 1. The number of carbonyl (C=O) groups is 1. The van der Waals surface area contributed by atoms with E-state index in [0.717, 1.165) is 15.4 Å². The predicted molar refractivity (Wildman–Crippen MR) is 108 cm³/mol. The lowest BCUT2D eigenvalue weighted by Crippen LogP contribution is -2.30. The average molecular weight is 423 g/mol. The summed E-state index contributed by atoms with van der Waals surface area (Å²) < 4.78 is 53.6. The molecule has 2 aromatic carbocycles. The number of amides is 1. The molecule has 2 aromatic rings. The van der Waals surface area contributed by atoms with Crippen LogP contribution in [-0.4, -0.2) is 28.5 Å². The van der Waals surface area contributed by atoms with E-state index in [9.17, 15) is 21.6 Å². The number of hydrogen-bond donors (Lipinski definition) is 1. The highest BCUT2D eigenvalue weighted by Crippen LogP contribution is 2.31. The Kier molecular flexibility index (Phi) is 5.01. The molecule has 1 saturated heterocycles. The maximum absolute atomic E-state index is 12.9. The van der Waals surface area contributed by atoms with Crippen molar-refractivity contribution in [2.75, 3.05) is 14.8 Å². The van der Waals surface area contributed by atoms with Crippen molar-refractivity contribution >= 4 is 37.3 Å². The van der Waals surface area contributed by atoms with Gasteiger partial charge in [0.15, 0.2) is 0 Å². The van der Waals surface area contributed by atoms with Gasteiger partial charge in [0.05, 0.1) is 27.9 Å². The third kappa shape index (κ3) is 3.51. The van der Waals surface area contributed by atoms with E-state index < -0.39 is 31.9 Å². The summed E-state index contributed by atoms with van der Waals surface area (Å²) in [5, 5.41) is 0. The lowest BCUT2D eigenvalue weighted by molar-refractivity contribution is -0.119. The summed E-state index contributed by atoms with van der Waals surface area (Å²) in [6.45, 7) is 6.84. The topological polar surface area (TPSA) is 101 Å². The summed E-state index contributed by atoms with van der Waals surface area (Å²) in [6.07, 6.45) is 0. The Bertz CT molecular complexity index is 1170. The van der Waals surface area contributed by atoms with Crippen LogP contribution in [0.2, 0.25) is 0 Å². The summed E-state index contributed by atoms with van der Waals surface area (Å²) in [5.74, 6) is -1.39. The van der Waals surface area contributed by atoms with Gasteiger partial charge in [-0.2, -0.15) is 0 Å². The van der Waals surface area contributed by atoms with Crippen LogP contribution in [0.15, 0.2) is 41.3 Å². The van der Waals surface area contributed by atoms with Crippen molar-refractivity contribution in [2.45, 2.75) is 32.6 Å². The minimum Gasteiger partial charge on any atom is -0.279 e. The second-order valence-electron chi connectivity index (χ2n) is 7.09. The fourth-order valence-corrected chi connectivity index (χ4v) is 6.37. The smallest absolute Gasteiger partial charge is 0.262 e. The van der Waals surface area contributed by atoms with E-state index >= 15 is 0 Å². The normalized spacial score (nSPS) is 19.1. The molecule has 1 aliphatic rings. The van der Waals surface area contributed by atoms with Gasteiger partial charge in [-0.3, -0.25) is 9.52 Å². The summed E-state index contributed by atoms with van der Waals surface area (Å²) in [5.41, 5.74) is 2.76. The Morgan fingerprint density at radius 3 is 2.32 bits per heavy atom. The molecular formula is C19H22N2O5S2. The number of nitrogens with zero attached hydrogens (tertiary/aromatic N) is 1. The number of aryl methyl sites for hydroxylation is 2. The van der Waals surface area contributed by atoms with Gasteiger partial charge in [-0.15, -0.1) is 0 Å². The van der Waals surface area contributed by atoms with Crippen molar-refractivity contribution in [3.8, 4) is 0 Å². The monoisotopic (exact) mass is 422 g/mol. The second kappa shape index (κ2) is 6.89. The Labute approximate surface area is 165 Å². The zero-order valence-corrected chi connectivity index (χ0v) is 17.7. The molecule has 0 saturated carbocycles. The number of anilines is 2. The van der Waals surface area contributed by atoms with Gasteiger partial charge in [-0.1, -0.05) is 19.1 Å². The number of hydrogen-bond acceptors (Lipinski definition) is 5. The maximum Gasteiger partial charge on any atom is 0.262 e. The fourth-order valence-electron chi connectivity index (χ4n) is 3.21. The lowest BCUT2D eigenvalue weighted by Gasteiger charge is -2.18. The minimum absolute atomic E-state index is 0.0225. The molecule has 1 amide bonds. The Hall–Kier alpha value is -2.39. The van der Waals surface area contributed by atoms with Crippen LogP contribution in [0.4, 0.5) is 11.4 Å². The largest absolute Gasteiger partial charge is 0.279 e. The van der Waals surface area contributed by atoms with Gasteiger partial charge < -0.3 is 0 Å². The second-order valence-corrected chi connectivity index (χ2v) is 10.6. The molecule has 1 N–H and O–H groups in total. The molecular weight excluding hydrogens is 400 g/mol. The first-order valence-electron chi connectivity index (χ1n) is 8.70. The van der Waals surface area contributed by atoms with E-state index in [1.807, 2.05) is 19.9 Å². The van der Waals surface area contributed by atoms with Crippen molar-refractivity contribution in [2.24, 2.45) is 5.92 Å². The molecule has 7 nitrogen and oxygen atoms in total. The van der Waals surface area contributed by atoms with E-state index in [1.54, 1.807) is 26.0 Å². The van der Waals surface area contributed by atoms with E-state index in [4.69, 9.17) is 0 Å². The standard InChI is InChI=1S/C19H22N2O5S2/c1-12-6-5-7-17(15(12)4)20-28(25,26)18-9-8-16(10-13(18)2)21-19(22)14(3)11-27(21,23)24/h5-10,14,20H,11H2,1-4H3. The van der Waals surface area contributed by atoms with Crippen LogP contribution in [0.5, 0.6) is 0 Å². The third-order valence-electron chi connectivity index (χ3n) is 4.89. The van der Waals surface area contributed by atoms with Gasteiger partial charge in [-0.25, -0.2) is 21.1 Å². The summed E-state index contributed by atoms with van der Waals surface area (Å²) >= 11 is 0. The number of carbonyl (C=O) groups excluding carboxylic acids is 1. The molecule has 0 radical (unpaired) electrons. The van der Waals surface area contributed by atoms with Crippen LogP contribution in [0, 0.1) is 26.7 Å². The van der Waals surface area contributed by atoms with Gasteiger partial charge in [-0.05, 0) is 61.7 Å². The van der Waals surface area contributed by atoms with Crippen LogP contribution in [-0.2, 0) is 24.8 Å². The molecule has 1 unspecified atom stereocenters. The third-order valence-corrected chi connectivity index (χ3v) is 8.29. The van der Waals surface area contributed by atoms with Crippen LogP contribution in [0.25, 0.3) is 0 Å². The van der Waals surface area contributed by atoms with Crippen LogP contribution < -0.4 is 9.03 Å². The number of rotatable bonds is 4. The summed E-state index contributed by atoms with van der Waals surface area (Å²) in [7, 11) is -7.62. The Morgan fingerprint density at radius 2 is 1.75 bits per heavy atom. The molecule has 0 aromatic heterocycles. The molecule has 9 heteroatoms. The summed E-state index contributed by atoms with van der Waals surface area (Å²) in [4.78, 5) is 12.3. The molecule has 150 valence electrons. The van der Waals surface area contributed by atoms with Crippen LogP contribution in [0.1, 0.15) is 23.6 Å². The fraction of sp³-hybridized carbons (Fsp3) is 0.316. The first-order chi connectivity index (χ1) is 12.9. The highest BCUT2D eigenvalue weighted by molar-refractivity contribution is 7.94. The maximum atomic E-state index is 12.9. The minimum atomic E-state index is -3.88. The number of sulfonamides is 2. The van der Waals surface area contributed by atoms with E-state index in [1.165, 1.54) is 18.2 Å². The predicted octanol–water partition coefficient (Wildman–Crippen LogP) is 2.73. The van der Waals surface area contributed by atoms with Crippen molar-refractivity contribution in [3.63, 3.8) is 0 Å². The first kappa shape index (κ1) is 20.3. The van der Waals surface area contributed by atoms with Crippen molar-refractivity contribution in [1.29, 1.82) is 0 Å². The van der Waals surface area contributed by atoms with Gasteiger partial charge in [0.25, 0.3) is 10.0 Å².